The summed E-state index contributed by atoms with van der Waals surface area (Å²) in [5, 5.41) is 11.3. The number of hydrogen-bond acceptors (Lipinski definition) is 5. The molecule has 0 aliphatic rings. The van der Waals surface area contributed by atoms with Crippen LogP contribution < -0.4 is 14.2 Å². The van der Waals surface area contributed by atoms with Gasteiger partial charge >= 0.3 is 5.69 Å². The van der Waals surface area contributed by atoms with Gasteiger partial charge in [-0.25, -0.2) is 0 Å². The van der Waals surface area contributed by atoms with Gasteiger partial charge < -0.3 is 14.2 Å². The van der Waals surface area contributed by atoms with Crippen molar-refractivity contribution in [2.24, 2.45) is 0 Å². The van der Waals surface area contributed by atoms with E-state index >= 15 is 0 Å². The van der Waals surface area contributed by atoms with E-state index < -0.39 is 4.92 Å². The molecule has 0 unspecified atom stereocenters. The summed E-state index contributed by atoms with van der Waals surface area (Å²) in [5.74, 6) is 1.50. The molecule has 0 radical (unpaired) electrons. The molecule has 2 rings (SSSR count). The maximum Gasteiger partial charge on any atom is 0.311 e. The fraction of sp³-hybridized carbons (Fsp3) is 0.263. The molecule has 0 amide bonds. The highest BCUT2D eigenvalue weighted by Crippen LogP contribution is 2.36. The molecule has 0 saturated heterocycles. The van der Waals surface area contributed by atoms with Gasteiger partial charge in [0.2, 0.25) is 0 Å². The average molecular weight is 343 g/mol. The van der Waals surface area contributed by atoms with Gasteiger partial charge in [0.05, 0.1) is 25.7 Å². The molecular formula is C19H21NO5. The Bertz CT molecular complexity index is 798. The Labute approximate surface area is 146 Å². The van der Waals surface area contributed by atoms with Gasteiger partial charge in [0, 0.05) is 6.07 Å². The first-order valence-corrected chi connectivity index (χ1v) is 7.86. The van der Waals surface area contributed by atoms with E-state index in [1.807, 2.05) is 38.1 Å². The largest absolute Gasteiger partial charge is 0.493 e. The molecule has 2 aromatic rings. The van der Waals surface area contributed by atoms with Crippen LogP contribution in [0.3, 0.4) is 0 Å². The smallest absolute Gasteiger partial charge is 0.311 e. The van der Waals surface area contributed by atoms with Gasteiger partial charge in [0.25, 0.3) is 0 Å². The Morgan fingerprint density at radius 2 is 1.64 bits per heavy atom. The zero-order chi connectivity index (χ0) is 18.4. The van der Waals surface area contributed by atoms with E-state index in [0.29, 0.717) is 18.1 Å². The summed E-state index contributed by atoms with van der Waals surface area (Å²) >= 11 is 0. The molecule has 0 aliphatic heterocycles. The van der Waals surface area contributed by atoms with Crippen molar-refractivity contribution in [3.05, 3.63) is 63.7 Å². The van der Waals surface area contributed by atoms with Crippen molar-refractivity contribution in [3.63, 3.8) is 0 Å². The van der Waals surface area contributed by atoms with Crippen LogP contribution in [-0.2, 0) is 0 Å². The number of nitro groups is 1. The first-order valence-electron chi connectivity index (χ1n) is 7.86. The number of methoxy groups -OCH3 is 2. The second-order valence-electron chi connectivity index (χ2n) is 5.14. The molecule has 132 valence electrons. The second-order valence-corrected chi connectivity index (χ2v) is 5.14. The highest BCUT2D eigenvalue weighted by Gasteiger charge is 2.18. The molecule has 0 N–H and O–H groups in total. The van der Waals surface area contributed by atoms with E-state index in [9.17, 15) is 10.1 Å². The van der Waals surface area contributed by atoms with E-state index in [1.165, 1.54) is 13.2 Å². The predicted octanol–water partition coefficient (Wildman–Crippen LogP) is 4.46. The second kappa shape index (κ2) is 8.19. The third-order valence-electron chi connectivity index (χ3n) is 3.75. The molecule has 0 saturated carbocycles. The van der Waals surface area contributed by atoms with Gasteiger partial charge in [-0.2, -0.15) is 0 Å². The van der Waals surface area contributed by atoms with E-state index in [0.717, 1.165) is 16.7 Å². The molecule has 6 heteroatoms. The number of allylic oxidation sites excluding steroid dienone is 1. The zero-order valence-electron chi connectivity index (χ0n) is 14.7. The average Bonchev–Trinajstić information content (AvgIpc) is 2.62. The lowest BCUT2D eigenvalue weighted by Gasteiger charge is -2.14. The lowest BCUT2D eigenvalue weighted by molar-refractivity contribution is -0.385. The summed E-state index contributed by atoms with van der Waals surface area (Å²) in [6, 6.07) is 10.5. The molecule has 6 nitrogen and oxygen atoms in total. The molecular weight excluding hydrogens is 322 g/mol. The van der Waals surface area contributed by atoms with Crippen LogP contribution in [0.25, 0.3) is 5.57 Å². The van der Waals surface area contributed by atoms with Crippen LogP contribution in [0.1, 0.15) is 25.0 Å². The topological polar surface area (TPSA) is 70.8 Å². The standard InChI is InChI=1S/C19H21NO5/c1-5-15(13-7-9-17(23-3)16(11-13)20(21)22)14-8-10-18(24-4)19(12-14)25-6-2/h5,7-12H,6H2,1-4H3. The van der Waals surface area contributed by atoms with Crippen LogP contribution in [0.5, 0.6) is 17.2 Å². The fourth-order valence-electron chi connectivity index (χ4n) is 2.61. The van der Waals surface area contributed by atoms with E-state index in [4.69, 9.17) is 14.2 Å². The van der Waals surface area contributed by atoms with Crippen molar-refractivity contribution in [3.8, 4) is 17.2 Å². The first kappa shape index (κ1) is 18.3. The third kappa shape index (κ3) is 3.91. The summed E-state index contributed by atoms with van der Waals surface area (Å²) in [4.78, 5) is 10.8. The number of benzene rings is 2. The number of nitro benzene ring substituents is 1. The first-order chi connectivity index (χ1) is 12.0. The SMILES string of the molecule is CC=C(c1ccc(OC)c(OCC)c1)c1ccc(OC)c([N+](=O)[O-])c1. The summed E-state index contributed by atoms with van der Waals surface area (Å²) < 4.78 is 16.0. The van der Waals surface area contributed by atoms with Gasteiger partial charge in [-0.05, 0) is 48.7 Å². The quantitative estimate of drug-likeness (QED) is 0.548. The normalized spacial score (nSPS) is 11.1. The van der Waals surface area contributed by atoms with Crippen molar-refractivity contribution >= 4 is 11.3 Å². The highest BCUT2D eigenvalue weighted by atomic mass is 16.6. The summed E-state index contributed by atoms with van der Waals surface area (Å²) in [6.45, 7) is 4.30. The van der Waals surface area contributed by atoms with E-state index in [1.54, 1.807) is 19.2 Å². The summed E-state index contributed by atoms with van der Waals surface area (Å²) in [5.41, 5.74) is 2.39. The Balaban J connectivity index is 2.52. The van der Waals surface area contributed by atoms with Crippen LogP contribution >= 0.6 is 0 Å². The minimum atomic E-state index is -0.449. The zero-order valence-corrected chi connectivity index (χ0v) is 14.7. The van der Waals surface area contributed by atoms with Gasteiger partial charge in [-0.3, -0.25) is 10.1 Å². The third-order valence-corrected chi connectivity index (χ3v) is 3.75. The molecule has 2 aromatic carbocycles. The van der Waals surface area contributed by atoms with Crippen molar-refractivity contribution < 1.29 is 19.1 Å². The Kier molecular flexibility index (Phi) is 6.00. The Hall–Kier alpha value is -3.02. The van der Waals surface area contributed by atoms with Crippen LogP contribution in [-0.4, -0.2) is 25.7 Å². The molecule has 0 spiro atoms. The van der Waals surface area contributed by atoms with Gasteiger partial charge in [-0.15, -0.1) is 0 Å². The summed E-state index contributed by atoms with van der Waals surface area (Å²) in [7, 11) is 3.00. The van der Waals surface area contributed by atoms with E-state index in [2.05, 4.69) is 0 Å². The van der Waals surface area contributed by atoms with Crippen LogP contribution in [0.15, 0.2) is 42.5 Å². The van der Waals surface area contributed by atoms with Crippen LogP contribution in [0.2, 0.25) is 0 Å². The molecule has 0 bridgehead atoms. The lowest BCUT2D eigenvalue weighted by Crippen LogP contribution is -1.98. The van der Waals surface area contributed by atoms with Crippen LogP contribution in [0.4, 0.5) is 5.69 Å². The molecule has 0 atom stereocenters. The van der Waals surface area contributed by atoms with Crippen LogP contribution in [0, 0.1) is 10.1 Å². The molecule has 0 aromatic heterocycles. The molecule has 0 aliphatic carbocycles. The number of hydrogen-bond donors (Lipinski definition) is 0. The number of nitrogens with zero attached hydrogens (tertiary/aromatic N) is 1. The number of ether oxygens (including phenoxy) is 3. The van der Waals surface area contributed by atoms with Gasteiger partial charge in [0.15, 0.2) is 17.2 Å². The minimum Gasteiger partial charge on any atom is -0.493 e. The lowest BCUT2D eigenvalue weighted by atomic mass is 9.96. The minimum absolute atomic E-state index is 0.0714. The van der Waals surface area contributed by atoms with Gasteiger partial charge in [0.1, 0.15) is 0 Å². The van der Waals surface area contributed by atoms with Crippen molar-refractivity contribution in [2.75, 3.05) is 20.8 Å². The Morgan fingerprint density at radius 1 is 1.04 bits per heavy atom. The highest BCUT2D eigenvalue weighted by molar-refractivity contribution is 5.82. The monoisotopic (exact) mass is 343 g/mol. The predicted molar refractivity (Wildman–Crippen MR) is 96.6 cm³/mol. The molecule has 0 heterocycles. The number of rotatable bonds is 7. The summed E-state index contributed by atoms with van der Waals surface area (Å²) in [6.07, 6.45) is 1.91. The fourth-order valence-corrected chi connectivity index (χ4v) is 2.61. The Morgan fingerprint density at radius 3 is 2.16 bits per heavy atom. The van der Waals surface area contributed by atoms with Crippen molar-refractivity contribution in [1.82, 2.24) is 0 Å². The molecule has 0 fully saturated rings. The maximum absolute atomic E-state index is 11.3. The maximum atomic E-state index is 11.3. The van der Waals surface area contributed by atoms with Crippen molar-refractivity contribution in [2.45, 2.75) is 13.8 Å². The van der Waals surface area contributed by atoms with Crippen molar-refractivity contribution in [1.29, 1.82) is 0 Å². The van der Waals surface area contributed by atoms with Gasteiger partial charge in [-0.1, -0.05) is 18.2 Å². The molecule has 25 heavy (non-hydrogen) atoms. The van der Waals surface area contributed by atoms with E-state index in [-0.39, 0.29) is 11.4 Å².